The number of hydrogen-bond acceptors (Lipinski definition) is 10. The number of anilines is 2. The van der Waals surface area contributed by atoms with Crippen LogP contribution in [0.3, 0.4) is 0 Å². The average Bonchev–Trinajstić information content (AvgIpc) is 3.09. The number of benzene rings is 2. The molecule has 4 N–H and O–H groups in total. The minimum atomic E-state index is -0.878. The monoisotopic (exact) mass is 724 g/mol. The van der Waals surface area contributed by atoms with Gasteiger partial charge in [-0.05, 0) is 63.8 Å². The number of amides is 6. The molecule has 0 saturated carbocycles. The van der Waals surface area contributed by atoms with Gasteiger partial charge in [-0.15, -0.1) is 0 Å². The van der Waals surface area contributed by atoms with Crippen LogP contribution in [0, 0.1) is 13.8 Å². The van der Waals surface area contributed by atoms with Crippen molar-refractivity contribution in [2.45, 2.75) is 96.6 Å². The Morgan fingerprint density at radius 2 is 1.04 bits per heavy atom. The number of fused-ring (bicyclic) bond motifs is 2. The lowest BCUT2D eigenvalue weighted by Gasteiger charge is -2.24. The van der Waals surface area contributed by atoms with Crippen molar-refractivity contribution in [1.29, 1.82) is 0 Å². The molecule has 2 atom stereocenters. The summed E-state index contributed by atoms with van der Waals surface area (Å²) in [5.41, 5.74) is 0.411. The number of aromatic nitrogens is 4. The molecule has 16 heteroatoms. The van der Waals surface area contributed by atoms with Crippen LogP contribution in [0.15, 0.2) is 46.0 Å². The molecule has 4 heterocycles. The maximum absolute atomic E-state index is 13.6. The molecular weight excluding hydrogens is 684 g/mol. The van der Waals surface area contributed by atoms with Crippen molar-refractivity contribution in [3.8, 4) is 0 Å². The van der Waals surface area contributed by atoms with E-state index in [1.807, 2.05) is 0 Å². The molecule has 0 spiro atoms. The minimum absolute atomic E-state index is 0.105. The second kappa shape index (κ2) is 15.7. The average molecular weight is 725 g/mol. The first-order chi connectivity index (χ1) is 25.4. The van der Waals surface area contributed by atoms with Gasteiger partial charge >= 0.3 is 0 Å². The summed E-state index contributed by atoms with van der Waals surface area (Å²) in [6, 6.07) is 8.17. The van der Waals surface area contributed by atoms with E-state index in [-0.39, 0.29) is 61.1 Å². The lowest BCUT2D eigenvalue weighted by atomic mass is 10.0. The van der Waals surface area contributed by atoms with Crippen molar-refractivity contribution >= 4 is 68.6 Å². The number of aryl methyl sites for hydroxylation is 2. The molecule has 2 fully saturated rings. The zero-order valence-corrected chi connectivity index (χ0v) is 29.5. The van der Waals surface area contributed by atoms with Crippen LogP contribution < -0.4 is 32.4 Å². The molecule has 2 aromatic heterocycles. The number of piperidine rings is 2. The maximum Gasteiger partial charge on any atom is 0.264 e. The van der Waals surface area contributed by atoms with Crippen LogP contribution in [0.5, 0.6) is 0 Å². The van der Waals surface area contributed by atoms with Crippen LogP contribution in [0.1, 0.15) is 94.4 Å². The van der Waals surface area contributed by atoms with E-state index in [1.165, 1.54) is 9.13 Å². The summed E-state index contributed by atoms with van der Waals surface area (Å²) in [6.07, 6.45) is 4.41. The lowest BCUT2D eigenvalue weighted by molar-refractivity contribution is -0.137. The summed E-state index contributed by atoms with van der Waals surface area (Å²) in [5, 5.41) is 10.5. The number of imide groups is 2. The van der Waals surface area contributed by atoms with Crippen molar-refractivity contribution in [1.82, 2.24) is 29.7 Å². The van der Waals surface area contributed by atoms with Gasteiger partial charge in [0.05, 0.1) is 33.2 Å². The molecule has 16 nitrogen and oxygen atoms in total. The van der Waals surface area contributed by atoms with Gasteiger partial charge in [0.25, 0.3) is 11.1 Å². The summed E-state index contributed by atoms with van der Waals surface area (Å²) in [4.78, 5) is 110. The van der Waals surface area contributed by atoms with Crippen LogP contribution in [0.25, 0.3) is 21.8 Å². The van der Waals surface area contributed by atoms with E-state index in [2.05, 4.69) is 31.2 Å². The van der Waals surface area contributed by atoms with Gasteiger partial charge in [-0.25, -0.2) is 9.97 Å². The molecule has 2 aliphatic heterocycles. The molecular formula is C37H40N8O8. The standard InChI is InChI=1S/C37H40N8O8/c1-20-38-22-10-8-12-24(32(22)36(52)44(20)26-16-18-30(48)42-34(26)50)40-28(46)14-6-4-3-5-7-15-29(47)41-25-13-9-11-23-33(25)37(53)45(21(2)39-23)27-17-19-31(49)43-35(27)51/h8-13,26-27H,3-7,14-19H2,1-2H3,(H,40,46)(H,41,47)(H,42,48,50)(H,43,49,51). The van der Waals surface area contributed by atoms with Crippen LogP contribution in [0.2, 0.25) is 0 Å². The third kappa shape index (κ3) is 7.90. The Bertz CT molecular complexity index is 2140. The Morgan fingerprint density at radius 3 is 1.43 bits per heavy atom. The Balaban J connectivity index is 0.990. The summed E-state index contributed by atoms with van der Waals surface area (Å²) >= 11 is 0. The number of carbonyl (C=O) groups is 6. The topological polar surface area (TPSA) is 220 Å². The van der Waals surface area contributed by atoms with Gasteiger partial charge in [-0.2, -0.15) is 0 Å². The zero-order valence-electron chi connectivity index (χ0n) is 29.5. The van der Waals surface area contributed by atoms with E-state index in [1.54, 1.807) is 50.2 Å². The Kier molecular flexibility index (Phi) is 10.9. The highest BCUT2D eigenvalue weighted by atomic mass is 16.2. The summed E-state index contributed by atoms with van der Waals surface area (Å²) in [6.45, 7) is 3.24. The first-order valence-corrected chi connectivity index (χ1v) is 17.7. The van der Waals surface area contributed by atoms with E-state index in [9.17, 15) is 38.4 Å². The zero-order chi connectivity index (χ0) is 37.8. The largest absolute Gasteiger partial charge is 0.325 e. The number of unbranched alkanes of at least 4 members (excludes halogenated alkanes) is 4. The first kappa shape index (κ1) is 36.7. The van der Waals surface area contributed by atoms with Crippen LogP contribution in [-0.4, -0.2) is 54.5 Å². The minimum Gasteiger partial charge on any atom is -0.325 e. The van der Waals surface area contributed by atoms with Crippen molar-refractivity contribution in [3.05, 3.63) is 68.8 Å². The highest BCUT2D eigenvalue weighted by Crippen LogP contribution is 2.25. The van der Waals surface area contributed by atoms with E-state index >= 15 is 0 Å². The van der Waals surface area contributed by atoms with E-state index in [0.717, 1.165) is 19.3 Å². The Hall–Kier alpha value is -6.06. The number of hydrogen-bond donors (Lipinski definition) is 4. The lowest BCUT2D eigenvalue weighted by Crippen LogP contribution is -2.45. The number of rotatable bonds is 12. The molecule has 0 aliphatic carbocycles. The van der Waals surface area contributed by atoms with Gasteiger partial charge in [-0.1, -0.05) is 31.4 Å². The molecule has 2 saturated heterocycles. The molecule has 2 aromatic carbocycles. The molecule has 2 unspecified atom stereocenters. The molecule has 2 aliphatic rings. The first-order valence-electron chi connectivity index (χ1n) is 17.7. The molecule has 0 bridgehead atoms. The fourth-order valence-electron chi connectivity index (χ4n) is 7.03. The molecule has 53 heavy (non-hydrogen) atoms. The Labute approximate surface area is 302 Å². The van der Waals surface area contributed by atoms with Crippen molar-refractivity contribution in [3.63, 3.8) is 0 Å². The van der Waals surface area contributed by atoms with Crippen molar-refractivity contribution in [2.24, 2.45) is 0 Å². The fourth-order valence-corrected chi connectivity index (χ4v) is 7.03. The van der Waals surface area contributed by atoms with Gasteiger partial charge in [0.15, 0.2) is 0 Å². The smallest absolute Gasteiger partial charge is 0.264 e. The number of nitrogens with one attached hydrogen (secondary N) is 4. The fraction of sp³-hybridized carbons (Fsp3) is 0.405. The van der Waals surface area contributed by atoms with E-state index in [4.69, 9.17) is 0 Å². The predicted molar refractivity (Wildman–Crippen MR) is 194 cm³/mol. The molecule has 6 rings (SSSR count). The second-order valence-electron chi connectivity index (χ2n) is 13.4. The van der Waals surface area contributed by atoms with Gasteiger partial charge in [0.1, 0.15) is 23.7 Å². The van der Waals surface area contributed by atoms with Gasteiger partial charge in [0.2, 0.25) is 35.4 Å². The number of nitrogens with zero attached hydrogens (tertiary/aromatic N) is 4. The summed E-state index contributed by atoms with van der Waals surface area (Å²) in [5.74, 6) is -1.81. The van der Waals surface area contributed by atoms with E-state index in [0.29, 0.717) is 46.9 Å². The number of carbonyl (C=O) groups excluding carboxylic acids is 6. The Morgan fingerprint density at radius 1 is 0.642 bits per heavy atom. The summed E-state index contributed by atoms with van der Waals surface area (Å²) < 4.78 is 2.56. The van der Waals surface area contributed by atoms with Crippen LogP contribution >= 0.6 is 0 Å². The van der Waals surface area contributed by atoms with E-state index < -0.39 is 46.8 Å². The molecule has 4 aromatic rings. The molecule has 276 valence electrons. The predicted octanol–water partition coefficient (Wildman–Crippen LogP) is 2.99. The van der Waals surface area contributed by atoms with Gasteiger partial charge in [0, 0.05) is 25.7 Å². The van der Waals surface area contributed by atoms with Crippen molar-refractivity contribution in [2.75, 3.05) is 10.6 Å². The van der Waals surface area contributed by atoms with Crippen molar-refractivity contribution < 1.29 is 28.8 Å². The normalized spacial score (nSPS) is 17.5. The summed E-state index contributed by atoms with van der Waals surface area (Å²) in [7, 11) is 0. The molecule has 0 radical (unpaired) electrons. The molecule has 6 amide bonds. The second-order valence-corrected chi connectivity index (χ2v) is 13.4. The SMILES string of the molecule is Cc1nc2cccc(NC(=O)CCCCCCCC(=O)Nc3cccc4nc(C)n(C5CCC(=O)NC5=O)c(=O)c34)c2c(=O)n1C1CCC(=O)NC1=O. The highest BCUT2D eigenvalue weighted by Gasteiger charge is 2.32. The third-order valence-corrected chi connectivity index (χ3v) is 9.61. The van der Waals surface area contributed by atoms with Crippen LogP contribution in [-0.2, 0) is 28.8 Å². The highest BCUT2D eigenvalue weighted by molar-refractivity contribution is 6.03. The maximum atomic E-state index is 13.6. The van der Waals surface area contributed by atoms with Crippen LogP contribution in [0.4, 0.5) is 11.4 Å². The van der Waals surface area contributed by atoms with Gasteiger partial charge < -0.3 is 10.6 Å². The quantitative estimate of drug-likeness (QED) is 0.124. The van der Waals surface area contributed by atoms with Gasteiger partial charge in [-0.3, -0.25) is 58.1 Å². The third-order valence-electron chi connectivity index (χ3n) is 9.61.